The lowest BCUT2D eigenvalue weighted by molar-refractivity contribution is 0.891. The molecule has 0 saturated carbocycles. The van der Waals surface area contributed by atoms with E-state index in [2.05, 4.69) is 15.3 Å². The highest BCUT2D eigenvalue weighted by atomic mass is 32.1. The van der Waals surface area contributed by atoms with E-state index in [1.165, 1.54) is 0 Å². The molecule has 90 valence electrons. The molecule has 0 fully saturated rings. The lowest BCUT2D eigenvalue weighted by atomic mass is 10.1. The van der Waals surface area contributed by atoms with Crippen LogP contribution < -0.4 is 10.6 Å². The Morgan fingerprint density at radius 2 is 2.12 bits per heavy atom. The van der Waals surface area contributed by atoms with Crippen LogP contribution in [0.2, 0.25) is 0 Å². The van der Waals surface area contributed by atoms with E-state index in [-0.39, 0.29) is 0 Å². The maximum atomic E-state index is 6.08. The summed E-state index contributed by atoms with van der Waals surface area (Å²) in [5.41, 5.74) is 10.2. The molecule has 17 heavy (non-hydrogen) atoms. The number of hydrogen-bond acceptors (Lipinski definition) is 4. The van der Waals surface area contributed by atoms with Crippen molar-refractivity contribution < 1.29 is 0 Å². The summed E-state index contributed by atoms with van der Waals surface area (Å²) in [5, 5.41) is 3.20. The molecule has 0 saturated heterocycles. The third-order valence-electron chi connectivity index (χ3n) is 2.78. The SMILES string of the molecule is Cc1nc(CN(C)c2cccc(C)c2N)cs1. The molecule has 0 amide bonds. The third kappa shape index (κ3) is 2.58. The van der Waals surface area contributed by atoms with Crippen LogP contribution in [-0.4, -0.2) is 12.0 Å². The lowest BCUT2D eigenvalue weighted by Crippen LogP contribution is -2.18. The first-order valence-electron chi connectivity index (χ1n) is 5.55. The summed E-state index contributed by atoms with van der Waals surface area (Å²) in [6.07, 6.45) is 0. The molecule has 1 aromatic heterocycles. The minimum Gasteiger partial charge on any atom is -0.397 e. The van der Waals surface area contributed by atoms with Crippen LogP contribution in [0, 0.1) is 13.8 Å². The smallest absolute Gasteiger partial charge is 0.0898 e. The van der Waals surface area contributed by atoms with Gasteiger partial charge in [-0.3, -0.25) is 0 Å². The molecule has 0 aliphatic heterocycles. The summed E-state index contributed by atoms with van der Waals surface area (Å²) < 4.78 is 0. The first-order chi connectivity index (χ1) is 8.08. The van der Waals surface area contributed by atoms with Crippen LogP contribution in [0.5, 0.6) is 0 Å². The summed E-state index contributed by atoms with van der Waals surface area (Å²) in [5.74, 6) is 0. The second-order valence-corrected chi connectivity index (χ2v) is 5.28. The van der Waals surface area contributed by atoms with Gasteiger partial charge in [0, 0.05) is 12.4 Å². The lowest BCUT2D eigenvalue weighted by Gasteiger charge is -2.21. The second-order valence-electron chi connectivity index (χ2n) is 4.22. The van der Waals surface area contributed by atoms with Gasteiger partial charge in [0.05, 0.1) is 28.6 Å². The molecule has 0 bridgehead atoms. The average Bonchev–Trinajstić information content (AvgIpc) is 2.68. The zero-order valence-corrected chi connectivity index (χ0v) is 11.2. The Balaban J connectivity index is 2.20. The maximum Gasteiger partial charge on any atom is 0.0898 e. The zero-order valence-electron chi connectivity index (χ0n) is 10.4. The topological polar surface area (TPSA) is 42.2 Å². The zero-order chi connectivity index (χ0) is 12.4. The number of benzene rings is 1. The van der Waals surface area contributed by atoms with E-state index < -0.39 is 0 Å². The number of anilines is 2. The molecule has 0 unspecified atom stereocenters. The van der Waals surface area contributed by atoms with E-state index in [0.717, 1.165) is 34.2 Å². The molecule has 1 heterocycles. The number of nitrogens with two attached hydrogens (primary N) is 1. The molecular formula is C13H17N3S. The predicted octanol–water partition coefficient (Wildman–Crippen LogP) is 2.98. The molecule has 0 aliphatic rings. The number of nitrogen functional groups attached to an aromatic ring is 1. The van der Waals surface area contributed by atoms with Gasteiger partial charge in [-0.2, -0.15) is 0 Å². The summed E-state index contributed by atoms with van der Waals surface area (Å²) in [6, 6.07) is 6.10. The van der Waals surface area contributed by atoms with Gasteiger partial charge >= 0.3 is 0 Å². The van der Waals surface area contributed by atoms with Gasteiger partial charge in [-0.05, 0) is 25.5 Å². The Morgan fingerprint density at radius 3 is 2.76 bits per heavy atom. The minimum atomic E-state index is 0.790. The van der Waals surface area contributed by atoms with Crippen molar-refractivity contribution in [3.63, 3.8) is 0 Å². The number of aryl methyl sites for hydroxylation is 2. The summed E-state index contributed by atoms with van der Waals surface area (Å²) in [7, 11) is 2.04. The Bertz CT molecular complexity index is 519. The highest BCUT2D eigenvalue weighted by Crippen LogP contribution is 2.26. The fourth-order valence-electron chi connectivity index (χ4n) is 1.81. The van der Waals surface area contributed by atoms with Crippen molar-refractivity contribution in [1.82, 2.24) is 4.98 Å². The van der Waals surface area contributed by atoms with Crippen LogP contribution in [0.25, 0.3) is 0 Å². The quantitative estimate of drug-likeness (QED) is 0.848. The molecule has 1 aromatic carbocycles. The van der Waals surface area contributed by atoms with Crippen LogP contribution in [0.4, 0.5) is 11.4 Å². The van der Waals surface area contributed by atoms with Gasteiger partial charge in [-0.25, -0.2) is 4.98 Å². The van der Waals surface area contributed by atoms with E-state index in [4.69, 9.17) is 5.73 Å². The molecule has 3 nitrogen and oxygen atoms in total. The Morgan fingerprint density at radius 1 is 1.35 bits per heavy atom. The van der Waals surface area contributed by atoms with Gasteiger partial charge in [-0.1, -0.05) is 12.1 Å². The van der Waals surface area contributed by atoms with Crippen molar-refractivity contribution >= 4 is 22.7 Å². The monoisotopic (exact) mass is 247 g/mol. The number of para-hydroxylation sites is 1. The van der Waals surface area contributed by atoms with Crippen LogP contribution in [0.3, 0.4) is 0 Å². The van der Waals surface area contributed by atoms with E-state index in [0.29, 0.717) is 0 Å². The van der Waals surface area contributed by atoms with Gasteiger partial charge in [0.2, 0.25) is 0 Å². The Kier molecular flexibility index (Phi) is 3.33. The molecule has 0 spiro atoms. The number of thiazole rings is 1. The Labute approximate surface area is 106 Å². The summed E-state index contributed by atoms with van der Waals surface area (Å²) >= 11 is 1.68. The number of nitrogens with zero attached hydrogens (tertiary/aromatic N) is 2. The van der Waals surface area contributed by atoms with Crippen molar-refractivity contribution in [3.8, 4) is 0 Å². The average molecular weight is 247 g/mol. The molecule has 2 N–H and O–H groups in total. The summed E-state index contributed by atoms with van der Waals surface area (Å²) in [4.78, 5) is 6.60. The van der Waals surface area contributed by atoms with Gasteiger partial charge in [0.15, 0.2) is 0 Å². The molecule has 0 atom stereocenters. The van der Waals surface area contributed by atoms with Crippen molar-refractivity contribution in [2.75, 3.05) is 17.7 Å². The molecule has 0 radical (unpaired) electrons. The Hall–Kier alpha value is -1.55. The number of hydrogen-bond donors (Lipinski definition) is 1. The van der Waals surface area contributed by atoms with Gasteiger partial charge in [0.25, 0.3) is 0 Å². The molecule has 2 rings (SSSR count). The standard InChI is InChI=1S/C13H17N3S/c1-9-5-4-6-12(13(9)14)16(3)7-11-8-17-10(2)15-11/h4-6,8H,7,14H2,1-3H3. The third-order valence-corrected chi connectivity index (χ3v) is 3.60. The highest BCUT2D eigenvalue weighted by Gasteiger charge is 2.08. The van der Waals surface area contributed by atoms with Crippen molar-refractivity contribution in [2.45, 2.75) is 20.4 Å². The first kappa shape index (κ1) is 11.9. The minimum absolute atomic E-state index is 0.790. The van der Waals surface area contributed by atoms with Crippen LogP contribution in [0.15, 0.2) is 23.6 Å². The highest BCUT2D eigenvalue weighted by molar-refractivity contribution is 7.09. The van der Waals surface area contributed by atoms with E-state index in [9.17, 15) is 0 Å². The first-order valence-corrected chi connectivity index (χ1v) is 6.43. The van der Waals surface area contributed by atoms with E-state index in [1.807, 2.05) is 39.1 Å². The van der Waals surface area contributed by atoms with Gasteiger partial charge in [-0.15, -0.1) is 11.3 Å². The largest absolute Gasteiger partial charge is 0.397 e. The van der Waals surface area contributed by atoms with Crippen molar-refractivity contribution in [1.29, 1.82) is 0 Å². The molecule has 4 heteroatoms. The second kappa shape index (κ2) is 4.75. The maximum absolute atomic E-state index is 6.08. The van der Waals surface area contributed by atoms with Crippen molar-refractivity contribution in [3.05, 3.63) is 39.8 Å². The molecule has 2 aromatic rings. The molecular weight excluding hydrogens is 230 g/mol. The molecule has 0 aliphatic carbocycles. The van der Waals surface area contributed by atoms with Gasteiger partial charge < -0.3 is 10.6 Å². The van der Waals surface area contributed by atoms with E-state index in [1.54, 1.807) is 11.3 Å². The van der Waals surface area contributed by atoms with Crippen LogP contribution in [-0.2, 0) is 6.54 Å². The predicted molar refractivity (Wildman–Crippen MR) is 74.5 cm³/mol. The van der Waals surface area contributed by atoms with E-state index >= 15 is 0 Å². The number of aromatic nitrogens is 1. The van der Waals surface area contributed by atoms with Crippen molar-refractivity contribution in [2.24, 2.45) is 0 Å². The normalized spacial score (nSPS) is 10.5. The number of rotatable bonds is 3. The summed E-state index contributed by atoms with van der Waals surface area (Å²) in [6.45, 7) is 4.84. The fraction of sp³-hybridized carbons (Fsp3) is 0.308. The van der Waals surface area contributed by atoms with Gasteiger partial charge in [0.1, 0.15) is 0 Å². The fourth-order valence-corrected chi connectivity index (χ4v) is 2.41. The van der Waals surface area contributed by atoms with Crippen LogP contribution >= 0.6 is 11.3 Å². The van der Waals surface area contributed by atoms with Crippen LogP contribution in [0.1, 0.15) is 16.3 Å².